The molecule has 0 unspecified atom stereocenters. The van der Waals surface area contributed by atoms with Crippen LogP contribution in [0.5, 0.6) is 17.2 Å². The zero-order valence-electron chi connectivity index (χ0n) is 64.5. The zero-order chi connectivity index (χ0) is 80.2. The fourth-order valence-corrected chi connectivity index (χ4v) is 14.8. The summed E-state index contributed by atoms with van der Waals surface area (Å²) in [7, 11) is 0. The van der Waals surface area contributed by atoms with Gasteiger partial charge in [-0.2, -0.15) is 15.3 Å². The number of carboxylic acid groups (broad SMARTS) is 1. The highest BCUT2D eigenvalue weighted by Crippen LogP contribution is 2.36. The second kappa shape index (κ2) is 37.6. The van der Waals surface area contributed by atoms with Crippen LogP contribution in [0.25, 0.3) is 66.1 Å². The molecule has 4 aliphatic rings. The van der Waals surface area contributed by atoms with Crippen molar-refractivity contribution in [1.29, 1.82) is 0 Å². The van der Waals surface area contributed by atoms with Crippen molar-refractivity contribution in [3.63, 3.8) is 0 Å². The van der Waals surface area contributed by atoms with Crippen LogP contribution in [-0.2, 0) is 83.9 Å². The highest BCUT2D eigenvalue weighted by molar-refractivity contribution is 5.99. The summed E-state index contributed by atoms with van der Waals surface area (Å²) in [4.78, 5) is 76.9. The molecule has 584 valence electrons. The first-order chi connectivity index (χ1) is 57.4. The number of H-pyrrole nitrogens is 3. The van der Waals surface area contributed by atoms with Crippen LogP contribution in [0.1, 0.15) is 74.9 Å². The summed E-state index contributed by atoms with van der Waals surface area (Å²) in [6.45, 7) is 4.96. The number of rotatable bonds is 18. The number of aryl methyl sites for hydroxylation is 2. The molecule has 12 aromatic carbocycles. The number of aromatic amines is 3. The van der Waals surface area contributed by atoms with Crippen molar-refractivity contribution in [3.05, 3.63) is 378 Å². The number of amides is 2. The Hall–Kier alpha value is -14.2. The highest BCUT2D eigenvalue weighted by Gasteiger charge is 2.28. The Morgan fingerprint density at radius 3 is 1.01 bits per heavy atom. The van der Waals surface area contributed by atoms with E-state index in [4.69, 9.17) is 24.1 Å². The first-order valence-corrected chi connectivity index (χ1v) is 39.4. The standard InChI is InChI=1S/2C31H25N3O3.C16H12N2O3.C16H16O.C4H8O/c2*35-29(34-17-16-23-14-15-25(19-28(23)34)37-20-22-6-2-1-3-7-22)18-21-10-12-24(13-11-21)30-26-8-4-5-9-27(26)31(36)33-32-30;19-14(20)9-10-5-7-11(8-6-10)15-12-3-1-2-4-13(12)16(21)18-17-15;1-2-5-13(6-3-1)12-17-16-10-9-14-7-4-8-15(14)11-16;1-2-4-5-3-1/h2*1-15,19H,16-18,20H2,(H,33,36);1-8H,9H2,(H,18,21)(H,19,20);1-3,5-6,9-11H,4,7-8,12H2;1-4H2. The lowest BCUT2D eigenvalue weighted by Crippen LogP contribution is -2.30. The van der Waals surface area contributed by atoms with Crippen molar-refractivity contribution in [1.82, 2.24) is 30.6 Å². The van der Waals surface area contributed by atoms with E-state index in [1.807, 2.05) is 222 Å². The van der Waals surface area contributed by atoms with E-state index in [0.29, 0.717) is 79.0 Å². The van der Waals surface area contributed by atoms with E-state index in [9.17, 15) is 28.8 Å². The van der Waals surface area contributed by atoms with Crippen LogP contribution in [0.2, 0.25) is 0 Å². The van der Waals surface area contributed by atoms with Crippen LogP contribution >= 0.6 is 0 Å². The van der Waals surface area contributed by atoms with Gasteiger partial charge in [0.05, 0.1) is 63.9 Å². The lowest BCUT2D eigenvalue weighted by molar-refractivity contribution is -0.136. The minimum atomic E-state index is -0.865. The Morgan fingerprint density at radius 1 is 0.333 bits per heavy atom. The average Bonchev–Trinajstić information content (AvgIpc) is 1.32. The van der Waals surface area contributed by atoms with Crippen LogP contribution in [0.3, 0.4) is 0 Å². The number of carbonyl (C=O) groups excluding carboxylic acids is 2. The van der Waals surface area contributed by atoms with Gasteiger partial charge >= 0.3 is 5.97 Å². The number of aromatic nitrogens is 6. The van der Waals surface area contributed by atoms with Gasteiger partial charge in [0.15, 0.2) is 0 Å². The Morgan fingerprint density at radius 2 is 0.658 bits per heavy atom. The van der Waals surface area contributed by atoms with Gasteiger partial charge in [0.2, 0.25) is 11.8 Å². The maximum Gasteiger partial charge on any atom is 0.307 e. The fraction of sp³-hybridized carbons (Fsp3) is 0.173. The number of fused-ring (bicyclic) bond motifs is 6. The molecule has 1 fully saturated rings. The van der Waals surface area contributed by atoms with Crippen molar-refractivity contribution < 1.29 is 38.4 Å². The summed E-state index contributed by atoms with van der Waals surface area (Å²) < 4.78 is 22.7. The summed E-state index contributed by atoms with van der Waals surface area (Å²) in [6.07, 6.45) is 8.54. The third-order valence-corrected chi connectivity index (χ3v) is 21.0. The minimum Gasteiger partial charge on any atom is -0.489 e. The molecule has 117 heavy (non-hydrogen) atoms. The molecule has 2 amide bonds. The SMILES string of the molecule is C1CCOC1.O=C(Cc1ccc(-c2n[nH]c(=O)c3ccccc23)cc1)N1CCc2ccc(OCc3ccccc3)cc21.O=C(Cc1ccc(-c2n[nH]c(=O)c3ccccc23)cc1)N1CCc2ccc(OCc3ccccc3)cc21.O=C(O)Cc1ccc(-c2n[nH]c(=O)c3ccccc23)cc1.c1ccc(COc2ccc3c(c2)CCC3)cc1. The van der Waals surface area contributed by atoms with Crippen molar-refractivity contribution in [2.24, 2.45) is 0 Å². The van der Waals surface area contributed by atoms with Crippen molar-refractivity contribution in [2.45, 2.75) is 84.0 Å². The number of aliphatic carboxylic acids is 1. The van der Waals surface area contributed by atoms with Crippen molar-refractivity contribution in [3.8, 4) is 51.0 Å². The first kappa shape index (κ1) is 78.1. The van der Waals surface area contributed by atoms with Gasteiger partial charge in [-0.1, -0.05) is 237 Å². The largest absolute Gasteiger partial charge is 0.489 e. The molecule has 3 aliphatic heterocycles. The quantitative estimate of drug-likeness (QED) is 0.0624. The van der Waals surface area contributed by atoms with Crippen LogP contribution in [0.15, 0.2) is 306 Å². The Balaban J connectivity index is 0.000000125. The van der Waals surface area contributed by atoms with Crippen LogP contribution < -0.4 is 40.7 Å². The van der Waals surface area contributed by atoms with Gasteiger partial charge in [-0.15, -0.1) is 0 Å². The van der Waals surface area contributed by atoms with Crippen LogP contribution in [-0.4, -0.2) is 79.8 Å². The van der Waals surface area contributed by atoms with Gasteiger partial charge in [-0.3, -0.25) is 28.8 Å². The fourth-order valence-electron chi connectivity index (χ4n) is 14.8. The summed E-state index contributed by atoms with van der Waals surface area (Å²) >= 11 is 0. The third kappa shape index (κ3) is 19.7. The highest BCUT2D eigenvalue weighted by atomic mass is 16.5. The molecule has 15 aromatic rings. The van der Waals surface area contributed by atoms with Gasteiger partial charge in [0.25, 0.3) is 16.7 Å². The van der Waals surface area contributed by atoms with Gasteiger partial charge in [-0.25, -0.2) is 15.3 Å². The molecule has 0 atom stereocenters. The monoisotopic (exact) mass is 1550 g/mol. The molecule has 0 saturated carbocycles. The van der Waals surface area contributed by atoms with E-state index in [2.05, 4.69) is 73.1 Å². The Labute approximate surface area is 675 Å². The van der Waals surface area contributed by atoms with E-state index >= 15 is 0 Å². The molecule has 19 rings (SSSR count). The number of carboxylic acids is 1. The molecule has 19 heteroatoms. The number of nitrogens with zero attached hydrogens (tertiary/aromatic N) is 5. The molecular weight excluding hydrogens is 1470 g/mol. The predicted octanol–water partition coefficient (Wildman–Crippen LogP) is 17.4. The molecule has 3 aromatic heterocycles. The van der Waals surface area contributed by atoms with Crippen molar-refractivity contribution >= 4 is 61.5 Å². The predicted molar refractivity (Wildman–Crippen MR) is 458 cm³/mol. The maximum absolute atomic E-state index is 13.3. The van der Waals surface area contributed by atoms with Crippen LogP contribution in [0, 0.1) is 0 Å². The van der Waals surface area contributed by atoms with Gasteiger partial charge in [-0.05, 0) is 143 Å². The molecule has 1 saturated heterocycles. The molecule has 19 nitrogen and oxygen atoms in total. The Kier molecular flexibility index (Phi) is 25.1. The van der Waals surface area contributed by atoms with Gasteiger partial charge < -0.3 is 33.9 Å². The van der Waals surface area contributed by atoms with Crippen molar-refractivity contribution in [2.75, 3.05) is 36.1 Å². The van der Waals surface area contributed by atoms with Crippen LogP contribution in [0.4, 0.5) is 11.4 Å². The molecule has 0 bridgehead atoms. The number of carbonyl (C=O) groups is 3. The number of hydrogen-bond donors (Lipinski definition) is 4. The summed E-state index contributed by atoms with van der Waals surface area (Å²) in [6, 6.07) is 93.7. The summed E-state index contributed by atoms with van der Waals surface area (Å²) in [5.41, 5.74) is 17.2. The lowest BCUT2D eigenvalue weighted by Gasteiger charge is -2.18. The second-order valence-corrected chi connectivity index (χ2v) is 29.0. The number of ether oxygens (including phenoxy) is 4. The second-order valence-electron chi connectivity index (χ2n) is 29.0. The molecule has 0 radical (unpaired) electrons. The van der Waals surface area contributed by atoms with E-state index in [1.54, 1.807) is 36.4 Å². The van der Waals surface area contributed by atoms with E-state index in [1.165, 1.54) is 48.8 Å². The van der Waals surface area contributed by atoms with Gasteiger partial charge in [0.1, 0.15) is 37.1 Å². The minimum absolute atomic E-state index is 0.0138. The van der Waals surface area contributed by atoms with Gasteiger partial charge in [0, 0.05) is 71.3 Å². The number of nitrogens with one attached hydrogen (secondary N) is 3. The number of hydrogen-bond acceptors (Lipinski definition) is 13. The molecule has 0 spiro atoms. The lowest BCUT2D eigenvalue weighted by atomic mass is 10.0. The normalized spacial score (nSPS) is 12.8. The van der Waals surface area contributed by atoms with E-state index in [0.717, 1.165) is 126 Å². The molecule has 6 heterocycles. The Bertz CT molecular complexity index is 5920. The molecular formula is C98H86N8O11. The zero-order valence-corrected chi connectivity index (χ0v) is 64.5. The van der Waals surface area contributed by atoms with E-state index < -0.39 is 5.97 Å². The summed E-state index contributed by atoms with van der Waals surface area (Å²) in [5.74, 6) is 1.75. The number of anilines is 2. The smallest absolute Gasteiger partial charge is 0.307 e. The topological polar surface area (TPSA) is 252 Å². The van der Waals surface area contributed by atoms with E-state index in [-0.39, 0.29) is 34.9 Å². The number of benzene rings is 12. The first-order valence-electron chi connectivity index (χ1n) is 39.4. The molecule has 1 aliphatic carbocycles. The summed E-state index contributed by atoms with van der Waals surface area (Å²) in [5, 5.41) is 33.2. The average molecular weight is 1550 g/mol. The third-order valence-electron chi connectivity index (χ3n) is 21.0. The molecule has 4 N–H and O–H groups in total. The maximum atomic E-state index is 13.3.